The summed E-state index contributed by atoms with van der Waals surface area (Å²) in [5.74, 6) is 0.467. The predicted octanol–water partition coefficient (Wildman–Crippen LogP) is 0.953. The molecule has 0 spiro atoms. The van der Waals surface area contributed by atoms with Crippen molar-refractivity contribution in [3.05, 3.63) is 18.1 Å². The van der Waals surface area contributed by atoms with E-state index >= 15 is 0 Å². The molecule has 1 N–H and O–H groups in total. The number of aromatic carboxylic acids is 1. The van der Waals surface area contributed by atoms with Crippen LogP contribution in [-0.4, -0.2) is 59.7 Å². The lowest BCUT2D eigenvalue weighted by Crippen LogP contribution is -2.37. The average molecular weight is 264 g/mol. The molecule has 2 rings (SSSR count). The fourth-order valence-corrected chi connectivity index (χ4v) is 2.46. The number of hydrogen-bond acceptors (Lipinski definition) is 5. The maximum Gasteiger partial charge on any atom is 0.356 e. The molecule has 0 radical (unpaired) electrons. The quantitative estimate of drug-likeness (QED) is 0.873. The van der Waals surface area contributed by atoms with Gasteiger partial charge in [-0.15, -0.1) is 0 Å². The summed E-state index contributed by atoms with van der Waals surface area (Å²) >= 11 is 0. The zero-order valence-corrected chi connectivity index (χ0v) is 11.4. The van der Waals surface area contributed by atoms with Gasteiger partial charge in [0.05, 0.1) is 12.4 Å². The van der Waals surface area contributed by atoms with E-state index in [1.54, 1.807) is 6.20 Å². The number of anilines is 1. The first-order valence-electron chi connectivity index (χ1n) is 6.51. The highest BCUT2D eigenvalue weighted by Gasteiger charge is 2.21. The first-order chi connectivity index (χ1) is 9.06. The van der Waals surface area contributed by atoms with Crippen molar-refractivity contribution >= 4 is 11.8 Å². The van der Waals surface area contributed by atoms with E-state index in [4.69, 9.17) is 5.11 Å². The molecule has 0 unspecified atom stereocenters. The van der Waals surface area contributed by atoms with Gasteiger partial charge in [0.25, 0.3) is 0 Å². The number of hydrogen-bond donors (Lipinski definition) is 1. The van der Waals surface area contributed by atoms with Crippen molar-refractivity contribution in [2.75, 3.05) is 38.6 Å². The Morgan fingerprint density at radius 2 is 2.05 bits per heavy atom. The van der Waals surface area contributed by atoms with Crippen molar-refractivity contribution in [2.24, 2.45) is 5.92 Å². The van der Waals surface area contributed by atoms with Crippen LogP contribution in [0.3, 0.4) is 0 Å². The maximum atomic E-state index is 10.7. The molecule has 104 valence electrons. The summed E-state index contributed by atoms with van der Waals surface area (Å²) < 4.78 is 0. The van der Waals surface area contributed by atoms with Gasteiger partial charge in [0, 0.05) is 19.6 Å². The minimum atomic E-state index is -1.04. The van der Waals surface area contributed by atoms with Crippen LogP contribution >= 0.6 is 0 Å². The topological polar surface area (TPSA) is 69.6 Å². The van der Waals surface area contributed by atoms with Crippen LogP contribution in [0, 0.1) is 5.92 Å². The molecule has 0 amide bonds. The Morgan fingerprint density at radius 3 is 2.53 bits per heavy atom. The second-order valence-corrected chi connectivity index (χ2v) is 5.26. The lowest BCUT2D eigenvalue weighted by atomic mass is 9.96. The molecular weight excluding hydrogens is 244 g/mol. The number of carbonyl (C=O) groups is 1. The van der Waals surface area contributed by atoms with E-state index in [1.807, 2.05) is 0 Å². The van der Waals surface area contributed by atoms with Gasteiger partial charge in [0.15, 0.2) is 5.69 Å². The van der Waals surface area contributed by atoms with Crippen molar-refractivity contribution in [3.63, 3.8) is 0 Å². The second-order valence-electron chi connectivity index (χ2n) is 5.26. The van der Waals surface area contributed by atoms with Gasteiger partial charge in [-0.3, -0.25) is 0 Å². The smallest absolute Gasteiger partial charge is 0.356 e. The molecule has 0 atom stereocenters. The van der Waals surface area contributed by atoms with Crippen molar-refractivity contribution in [1.82, 2.24) is 14.9 Å². The number of carboxylic acid groups (broad SMARTS) is 1. The van der Waals surface area contributed by atoms with Crippen LogP contribution in [-0.2, 0) is 0 Å². The summed E-state index contributed by atoms with van der Waals surface area (Å²) in [7, 11) is 4.20. The van der Waals surface area contributed by atoms with E-state index in [-0.39, 0.29) is 5.69 Å². The predicted molar refractivity (Wildman–Crippen MR) is 72.5 cm³/mol. The number of aromatic nitrogens is 2. The van der Waals surface area contributed by atoms with Crippen LogP contribution in [0.5, 0.6) is 0 Å². The fraction of sp³-hybridized carbons (Fsp3) is 0.615. The third kappa shape index (κ3) is 3.64. The normalized spacial score (nSPS) is 16.9. The Bertz CT molecular complexity index is 425. The molecule has 1 aromatic heterocycles. The van der Waals surface area contributed by atoms with Crippen molar-refractivity contribution in [3.8, 4) is 0 Å². The fourth-order valence-electron chi connectivity index (χ4n) is 2.46. The number of piperidine rings is 1. The summed E-state index contributed by atoms with van der Waals surface area (Å²) in [5.41, 5.74) is -0.00811. The first kappa shape index (κ1) is 13.7. The zero-order valence-electron chi connectivity index (χ0n) is 11.4. The van der Waals surface area contributed by atoms with Crippen LogP contribution in [0.4, 0.5) is 5.82 Å². The molecule has 1 fully saturated rings. The molecule has 6 heteroatoms. The largest absolute Gasteiger partial charge is 0.476 e. The third-order valence-electron chi connectivity index (χ3n) is 3.42. The molecule has 2 heterocycles. The summed E-state index contributed by atoms with van der Waals surface area (Å²) in [5, 5.41) is 8.78. The van der Waals surface area contributed by atoms with Crippen LogP contribution in [0.2, 0.25) is 0 Å². The summed E-state index contributed by atoms with van der Waals surface area (Å²) in [4.78, 5) is 23.2. The van der Waals surface area contributed by atoms with Crippen molar-refractivity contribution in [2.45, 2.75) is 12.8 Å². The molecule has 0 bridgehead atoms. The third-order valence-corrected chi connectivity index (χ3v) is 3.42. The Hall–Kier alpha value is -1.69. The molecule has 0 aromatic carbocycles. The molecule has 1 aliphatic heterocycles. The van der Waals surface area contributed by atoms with E-state index in [1.165, 1.54) is 6.20 Å². The molecule has 6 nitrogen and oxygen atoms in total. The van der Waals surface area contributed by atoms with Crippen molar-refractivity contribution in [1.29, 1.82) is 0 Å². The monoisotopic (exact) mass is 264 g/mol. The van der Waals surface area contributed by atoms with Crippen LogP contribution < -0.4 is 4.90 Å². The number of rotatable bonds is 4. The molecule has 0 aliphatic carbocycles. The first-order valence-corrected chi connectivity index (χ1v) is 6.51. The Balaban J connectivity index is 1.92. The molecule has 1 aromatic rings. The highest BCUT2D eigenvalue weighted by molar-refractivity contribution is 5.84. The van der Waals surface area contributed by atoms with E-state index in [2.05, 4.69) is 33.9 Å². The van der Waals surface area contributed by atoms with E-state index in [9.17, 15) is 4.79 Å². The summed E-state index contributed by atoms with van der Waals surface area (Å²) in [6.07, 6.45) is 5.15. The average Bonchev–Trinajstić information content (AvgIpc) is 2.39. The van der Waals surface area contributed by atoms with Crippen LogP contribution in [0.15, 0.2) is 12.4 Å². The van der Waals surface area contributed by atoms with E-state index in [0.29, 0.717) is 0 Å². The minimum Gasteiger partial charge on any atom is -0.476 e. The SMILES string of the molecule is CN(C)CC1CCN(c2cnc(C(=O)O)cn2)CC1. The Morgan fingerprint density at radius 1 is 1.37 bits per heavy atom. The van der Waals surface area contributed by atoms with Crippen LogP contribution in [0.25, 0.3) is 0 Å². The molecule has 0 saturated carbocycles. The summed E-state index contributed by atoms with van der Waals surface area (Å²) in [6, 6.07) is 0. The van der Waals surface area contributed by atoms with Crippen molar-refractivity contribution < 1.29 is 9.90 Å². The molecule has 1 aliphatic rings. The lowest BCUT2D eigenvalue weighted by Gasteiger charge is -2.33. The highest BCUT2D eigenvalue weighted by atomic mass is 16.4. The molecular formula is C13H20N4O2. The van der Waals surface area contributed by atoms with Gasteiger partial charge in [-0.2, -0.15) is 0 Å². The van der Waals surface area contributed by atoms with Crippen LogP contribution in [0.1, 0.15) is 23.3 Å². The highest BCUT2D eigenvalue weighted by Crippen LogP contribution is 2.21. The van der Waals surface area contributed by atoms with Gasteiger partial charge in [-0.25, -0.2) is 14.8 Å². The van der Waals surface area contributed by atoms with Gasteiger partial charge in [-0.1, -0.05) is 0 Å². The second kappa shape index (κ2) is 5.97. The number of carboxylic acids is 1. The van der Waals surface area contributed by atoms with E-state index in [0.717, 1.165) is 44.2 Å². The summed E-state index contributed by atoms with van der Waals surface area (Å²) in [6.45, 7) is 3.04. The Kier molecular flexibility index (Phi) is 4.31. The zero-order chi connectivity index (χ0) is 13.8. The minimum absolute atomic E-state index is 0.00811. The van der Waals surface area contributed by atoms with Gasteiger partial charge < -0.3 is 14.9 Å². The van der Waals surface area contributed by atoms with Gasteiger partial charge in [0.1, 0.15) is 5.82 Å². The number of nitrogens with zero attached hydrogens (tertiary/aromatic N) is 4. The van der Waals surface area contributed by atoms with Gasteiger partial charge >= 0.3 is 5.97 Å². The molecule has 1 saturated heterocycles. The lowest BCUT2D eigenvalue weighted by molar-refractivity contribution is 0.0690. The standard InChI is InChI=1S/C13H20N4O2/c1-16(2)9-10-3-5-17(6-4-10)12-8-14-11(7-15-12)13(18)19/h7-8,10H,3-6,9H2,1-2H3,(H,18,19). The van der Waals surface area contributed by atoms with Gasteiger partial charge in [-0.05, 0) is 32.9 Å². The molecule has 19 heavy (non-hydrogen) atoms. The van der Waals surface area contributed by atoms with E-state index < -0.39 is 5.97 Å². The maximum absolute atomic E-state index is 10.7. The van der Waals surface area contributed by atoms with Gasteiger partial charge in [0.2, 0.25) is 0 Å². The Labute approximate surface area is 113 Å².